The summed E-state index contributed by atoms with van der Waals surface area (Å²) in [6.07, 6.45) is 0. The van der Waals surface area contributed by atoms with Gasteiger partial charge in [0.25, 0.3) is 0 Å². The number of fused-ring (bicyclic) bond motifs is 1. The molecule has 3 aromatic rings. The summed E-state index contributed by atoms with van der Waals surface area (Å²) in [6.45, 7) is 0.444. The van der Waals surface area contributed by atoms with Crippen LogP contribution in [0.4, 0.5) is 0 Å². The van der Waals surface area contributed by atoms with E-state index in [1.807, 2.05) is 54.6 Å². The van der Waals surface area contributed by atoms with Crippen molar-refractivity contribution in [2.24, 2.45) is 5.73 Å². The number of esters is 1. The van der Waals surface area contributed by atoms with Crippen molar-refractivity contribution in [3.05, 3.63) is 60.2 Å². The minimum Gasteiger partial charge on any atom is -0.460 e. The van der Waals surface area contributed by atoms with E-state index in [4.69, 9.17) is 10.5 Å². The van der Waals surface area contributed by atoms with E-state index < -0.39 is 12.0 Å². The number of nitrogens with zero attached hydrogens (tertiary/aromatic N) is 3. The minimum absolute atomic E-state index is 0.214. The molecule has 1 aromatic heterocycles. The maximum absolute atomic E-state index is 12.0. The van der Waals surface area contributed by atoms with Gasteiger partial charge in [-0.05, 0) is 17.7 Å². The van der Waals surface area contributed by atoms with Gasteiger partial charge in [-0.1, -0.05) is 47.7 Å². The quantitative estimate of drug-likeness (QED) is 0.721. The summed E-state index contributed by atoms with van der Waals surface area (Å²) in [4.78, 5) is 12.0. The van der Waals surface area contributed by atoms with E-state index in [0.29, 0.717) is 0 Å². The number of aromatic nitrogens is 3. The van der Waals surface area contributed by atoms with E-state index in [9.17, 15) is 4.79 Å². The van der Waals surface area contributed by atoms with E-state index in [1.165, 1.54) is 0 Å². The maximum atomic E-state index is 12.0. The van der Waals surface area contributed by atoms with Crippen molar-refractivity contribution in [2.45, 2.75) is 19.2 Å². The first kappa shape index (κ1) is 14.2. The molecular weight excluding hydrogens is 280 g/mol. The number of nitrogens with two attached hydrogens (primary N) is 1. The highest BCUT2D eigenvalue weighted by atomic mass is 16.5. The molecule has 2 N–H and O–H groups in total. The van der Waals surface area contributed by atoms with Gasteiger partial charge in [0.1, 0.15) is 18.2 Å². The first-order valence-electron chi connectivity index (χ1n) is 6.98. The lowest BCUT2D eigenvalue weighted by molar-refractivity contribution is -0.146. The van der Waals surface area contributed by atoms with Crippen molar-refractivity contribution in [1.29, 1.82) is 0 Å². The van der Waals surface area contributed by atoms with Gasteiger partial charge in [0.05, 0.1) is 12.1 Å². The van der Waals surface area contributed by atoms with Crippen molar-refractivity contribution in [1.82, 2.24) is 15.0 Å². The molecule has 0 unspecified atom stereocenters. The second-order valence-corrected chi connectivity index (χ2v) is 4.96. The predicted octanol–water partition coefficient (Wildman–Crippen LogP) is 1.50. The molecule has 0 bridgehead atoms. The van der Waals surface area contributed by atoms with Crippen LogP contribution in [0.5, 0.6) is 0 Å². The van der Waals surface area contributed by atoms with Crippen molar-refractivity contribution < 1.29 is 9.53 Å². The van der Waals surface area contributed by atoms with Crippen LogP contribution in [0.2, 0.25) is 0 Å². The molecular formula is C16H16N4O2. The van der Waals surface area contributed by atoms with E-state index in [2.05, 4.69) is 10.3 Å². The molecule has 1 heterocycles. The van der Waals surface area contributed by atoms with E-state index in [-0.39, 0.29) is 13.2 Å². The van der Waals surface area contributed by atoms with Crippen LogP contribution in [0.15, 0.2) is 54.6 Å². The predicted molar refractivity (Wildman–Crippen MR) is 81.7 cm³/mol. The van der Waals surface area contributed by atoms with Crippen molar-refractivity contribution in [3.63, 3.8) is 0 Å². The highest BCUT2D eigenvalue weighted by Gasteiger charge is 2.17. The monoisotopic (exact) mass is 296 g/mol. The first-order valence-corrected chi connectivity index (χ1v) is 6.98. The number of ether oxygens (including phenoxy) is 1. The van der Waals surface area contributed by atoms with Crippen LogP contribution in [-0.4, -0.2) is 27.0 Å². The average molecular weight is 296 g/mol. The fourth-order valence-corrected chi connectivity index (χ4v) is 2.15. The van der Waals surface area contributed by atoms with Crippen LogP contribution in [0.1, 0.15) is 5.56 Å². The van der Waals surface area contributed by atoms with Gasteiger partial charge in [0.2, 0.25) is 0 Å². The van der Waals surface area contributed by atoms with Crippen molar-refractivity contribution >= 4 is 17.0 Å². The molecule has 22 heavy (non-hydrogen) atoms. The van der Waals surface area contributed by atoms with Crippen LogP contribution in [0.3, 0.4) is 0 Å². The van der Waals surface area contributed by atoms with Gasteiger partial charge in [-0.25, -0.2) is 4.68 Å². The molecule has 0 amide bonds. The lowest BCUT2D eigenvalue weighted by atomic mass is 10.2. The summed E-state index contributed by atoms with van der Waals surface area (Å²) in [5.41, 5.74) is 8.44. The second-order valence-electron chi connectivity index (χ2n) is 4.96. The maximum Gasteiger partial charge on any atom is 0.325 e. The highest BCUT2D eigenvalue weighted by Crippen LogP contribution is 2.10. The molecule has 0 fully saturated rings. The Balaban J connectivity index is 1.61. The normalized spacial score (nSPS) is 12.2. The fraction of sp³-hybridized carbons (Fsp3) is 0.188. The van der Waals surface area contributed by atoms with Gasteiger partial charge in [-0.15, -0.1) is 5.10 Å². The summed E-state index contributed by atoms with van der Waals surface area (Å²) >= 11 is 0. The van der Waals surface area contributed by atoms with E-state index in [1.54, 1.807) is 4.68 Å². The lowest BCUT2D eigenvalue weighted by Gasteiger charge is -2.11. The highest BCUT2D eigenvalue weighted by molar-refractivity contribution is 5.77. The van der Waals surface area contributed by atoms with Crippen molar-refractivity contribution in [2.75, 3.05) is 0 Å². The summed E-state index contributed by atoms with van der Waals surface area (Å²) in [7, 11) is 0. The molecule has 1 atom stereocenters. The Morgan fingerprint density at radius 1 is 1.14 bits per heavy atom. The first-order chi connectivity index (χ1) is 10.7. The largest absolute Gasteiger partial charge is 0.460 e. The number of hydrogen-bond acceptors (Lipinski definition) is 5. The molecule has 3 rings (SSSR count). The molecule has 0 saturated carbocycles. The molecule has 0 saturated heterocycles. The zero-order valence-corrected chi connectivity index (χ0v) is 11.9. The Labute approximate surface area is 127 Å². The van der Waals surface area contributed by atoms with Gasteiger partial charge in [0, 0.05) is 0 Å². The van der Waals surface area contributed by atoms with Gasteiger partial charge < -0.3 is 10.5 Å². The van der Waals surface area contributed by atoms with Gasteiger partial charge in [-0.2, -0.15) is 0 Å². The topological polar surface area (TPSA) is 83.0 Å². The van der Waals surface area contributed by atoms with Gasteiger partial charge >= 0.3 is 5.97 Å². The number of carbonyl (C=O) groups excluding carboxylic acids is 1. The molecule has 2 aromatic carbocycles. The Morgan fingerprint density at radius 3 is 2.68 bits per heavy atom. The molecule has 6 nitrogen and oxygen atoms in total. The van der Waals surface area contributed by atoms with Crippen LogP contribution in [0, 0.1) is 0 Å². The Bertz CT molecular complexity index is 770. The molecule has 6 heteroatoms. The van der Waals surface area contributed by atoms with E-state index in [0.717, 1.165) is 16.6 Å². The standard InChI is InChI=1S/C16H16N4O2/c17-13(16(21)22-11-12-6-2-1-3-7-12)10-20-15-9-5-4-8-14(15)18-19-20/h1-9,13H,10-11,17H2/t13-/m0/s1. The molecule has 112 valence electrons. The summed E-state index contributed by atoms with van der Waals surface area (Å²) < 4.78 is 6.84. The minimum atomic E-state index is -0.784. The second kappa shape index (κ2) is 6.36. The van der Waals surface area contributed by atoms with Crippen molar-refractivity contribution in [3.8, 4) is 0 Å². The third-order valence-corrected chi connectivity index (χ3v) is 3.32. The summed E-state index contributed by atoms with van der Waals surface area (Å²) in [5.74, 6) is -0.455. The molecule has 0 aliphatic heterocycles. The number of para-hydroxylation sites is 1. The van der Waals surface area contributed by atoms with Crippen LogP contribution >= 0.6 is 0 Å². The zero-order valence-electron chi connectivity index (χ0n) is 11.9. The molecule has 0 aliphatic carbocycles. The van der Waals surface area contributed by atoms with Crippen LogP contribution in [-0.2, 0) is 22.7 Å². The number of rotatable bonds is 5. The molecule has 0 spiro atoms. The Hall–Kier alpha value is -2.73. The number of benzene rings is 2. The molecule has 0 radical (unpaired) electrons. The third kappa shape index (κ3) is 3.12. The smallest absolute Gasteiger partial charge is 0.325 e. The van der Waals surface area contributed by atoms with E-state index >= 15 is 0 Å². The third-order valence-electron chi connectivity index (χ3n) is 3.32. The molecule has 0 aliphatic rings. The zero-order chi connectivity index (χ0) is 15.4. The average Bonchev–Trinajstić information content (AvgIpc) is 2.97. The number of carbonyl (C=O) groups is 1. The van der Waals surface area contributed by atoms with Crippen LogP contribution in [0.25, 0.3) is 11.0 Å². The van der Waals surface area contributed by atoms with Crippen LogP contribution < -0.4 is 5.73 Å². The Kier molecular flexibility index (Phi) is 4.11. The number of hydrogen-bond donors (Lipinski definition) is 1. The summed E-state index contributed by atoms with van der Waals surface area (Å²) in [5, 5.41) is 8.04. The summed E-state index contributed by atoms with van der Waals surface area (Å²) in [6, 6.07) is 16.2. The van der Waals surface area contributed by atoms with Gasteiger partial charge in [0.15, 0.2) is 0 Å². The lowest BCUT2D eigenvalue weighted by Crippen LogP contribution is -2.36. The Morgan fingerprint density at radius 2 is 1.86 bits per heavy atom. The SMILES string of the molecule is N[C@@H](Cn1nnc2ccccc21)C(=O)OCc1ccccc1. The van der Waals surface area contributed by atoms with Gasteiger partial charge in [-0.3, -0.25) is 4.79 Å². The fourth-order valence-electron chi connectivity index (χ4n) is 2.15.